The minimum absolute atomic E-state index is 0.819. The molecule has 1 aliphatic heterocycles. The molecule has 0 fully saturated rings. The van der Waals surface area contributed by atoms with Gasteiger partial charge in [0.15, 0.2) is 0 Å². The largest absolute Gasteiger partial charge is 0.497 e. The zero-order valence-electron chi connectivity index (χ0n) is 7.85. The summed E-state index contributed by atoms with van der Waals surface area (Å²) < 4.78 is 4.54. The standard InChI is InChI=1S/C4H10.C3H4O.C2H6/c1-4(2)3;1-2-4-3-1;1-2/h4H,1-3H3;1-2H,3H2;1-2H3. The first-order chi connectivity index (χ1) is 4.73. The SMILES string of the molecule is C1=COC1.CC.CC(C)C. The van der Waals surface area contributed by atoms with E-state index in [2.05, 4.69) is 25.5 Å². The fourth-order valence-corrected chi connectivity index (χ4v) is 0.0962. The molecule has 0 amide bonds. The van der Waals surface area contributed by atoms with Crippen LogP contribution in [0.5, 0.6) is 0 Å². The Morgan fingerprint density at radius 2 is 1.30 bits per heavy atom. The summed E-state index contributed by atoms with van der Waals surface area (Å²) in [5.74, 6) is 0.833. The molecular formula is C9H20O. The van der Waals surface area contributed by atoms with Crippen molar-refractivity contribution < 1.29 is 4.74 Å². The first-order valence-electron chi connectivity index (χ1n) is 4.00. The molecule has 62 valence electrons. The van der Waals surface area contributed by atoms with Crippen molar-refractivity contribution in [2.24, 2.45) is 5.92 Å². The van der Waals surface area contributed by atoms with Crippen molar-refractivity contribution in [3.8, 4) is 0 Å². The molecule has 0 N–H and O–H groups in total. The molecule has 0 radical (unpaired) electrons. The topological polar surface area (TPSA) is 9.23 Å². The van der Waals surface area contributed by atoms with Crippen LogP contribution in [-0.4, -0.2) is 6.61 Å². The third kappa shape index (κ3) is 25.7. The molecular weight excluding hydrogens is 124 g/mol. The van der Waals surface area contributed by atoms with Crippen LogP contribution in [0, 0.1) is 5.92 Å². The second-order valence-electron chi connectivity index (χ2n) is 2.44. The lowest BCUT2D eigenvalue weighted by atomic mass is 10.3. The highest BCUT2D eigenvalue weighted by Crippen LogP contribution is 1.87. The van der Waals surface area contributed by atoms with E-state index >= 15 is 0 Å². The van der Waals surface area contributed by atoms with Gasteiger partial charge in [-0.15, -0.1) is 0 Å². The Bertz CT molecular complexity index is 56.4. The maximum Gasteiger partial charge on any atom is 0.109 e. The quantitative estimate of drug-likeness (QED) is 0.507. The number of hydrogen-bond donors (Lipinski definition) is 0. The molecule has 1 heteroatoms. The lowest BCUT2D eigenvalue weighted by molar-refractivity contribution is 0.243. The first kappa shape index (κ1) is 12.2. The van der Waals surface area contributed by atoms with Crippen LogP contribution in [0.3, 0.4) is 0 Å². The number of rotatable bonds is 0. The molecule has 0 saturated heterocycles. The van der Waals surface area contributed by atoms with Crippen LogP contribution >= 0.6 is 0 Å². The van der Waals surface area contributed by atoms with Crippen LogP contribution < -0.4 is 0 Å². The predicted octanol–water partition coefficient (Wildman–Crippen LogP) is 3.22. The highest BCUT2D eigenvalue weighted by molar-refractivity contribution is 4.81. The summed E-state index contributed by atoms with van der Waals surface area (Å²) in [6.45, 7) is 11.3. The van der Waals surface area contributed by atoms with Crippen molar-refractivity contribution in [3.63, 3.8) is 0 Å². The van der Waals surface area contributed by atoms with Crippen molar-refractivity contribution in [3.05, 3.63) is 12.3 Å². The van der Waals surface area contributed by atoms with Gasteiger partial charge >= 0.3 is 0 Å². The maximum absolute atomic E-state index is 4.54. The van der Waals surface area contributed by atoms with E-state index in [1.807, 2.05) is 19.9 Å². The molecule has 10 heavy (non-hydrogen) atoms. The Hall–Kier alpha value is -0.460. The van der Waals surface area contributed by atoms with E-state index in [9.17, 15) is 0 Å². The summed E-state index contributed by atoms with van der Waals surface area (Å²) >= 11 is 0. The van der Waals surface area contributed by atoms with E-state index < -0.39 is 0 Å². The van der Waals surface area contributed by atoms with Gasteiger partial charge in [-0.25, -0.2) is 0 Å². The van der Waals surface area contributed by atoms with E-state index in [0.717, 1.165) is 12.5 Å². The van der Waals surface area contributed by atoms with Crippen molar-refractivity contribution in [1.29, 1.82) is 0 Å². The average molecular weight is 144 g/mol. The van der Waals surface area contributed by atoms with Gasteiger partial charge in [0.25, 0.3) is 0 Å². The van der Waals surface area contributed by atoms with Crippen LogP contribution in [0.1, 0.15) is 34.6 Å². The molecule has 1 heterocycles. The third-order valence-corrected chi connectivity index (χ3v) is 0.385. The van der Waals surface area contributed by atoms with Gasteiger partial charge < -0.3 is 4.74 Å². The Balaban J connectivity index is 0. The molecule has 0 bridgehead atoms. The summed E-state index contributed by atoms with van der Waals surface area (Å²) in [6.07, 6.45) is 3.64. The lowest BCUT2D eigenvalue weighted by Crippen LogP contribution is -1.89. The fraction of sp³-hybridized carbons (Fsp3) is 0.778. The highest BCUT2D eigenvalue weighted by atomic mass is 16.5. The maximum atomic E-state index is 4.54. The minimum Gasteiger partial charge on any atom is -0.497 e. The van der Waals surface area contributed by atoms with Crippen LogP contribution in [0.25, 0.3) is 0 Å². The molecule has 0 unspecified atom stereocenters. The molecule has 0 aromatic carbocycles. The Morgan fingerprint density at radius 3 is 1.30 bits per heavy atom. The Kier molecular flexibility index (Phi) is 13.9. The third-order valence-electron chi connectivity index (χ3n) is 0.385. The van der Waals surface area contributed by atoms with E-state index in [4.69, 9.17) is 0 Å². The van der Waals surface area contributed by atoms with Crippen LogP contribution in [-0.2, 0) is 4.74 Å². The highest BCUT2D eigenvalue weighted by Gasteiger charge is 1.79. The van der Waals surface area contributed by atoms with Crippen molar-refractivity contribution in [2.45, 2.75) is 34.6 Å². The van der Waals surface area contributed by atoms with Crippen LogP contribution in [0.4, 0.5) is 0 Å². The molecule has 0 aliphatic carbocycles. The Morgan fingerprint density at radius 1 is 1.20 bits per heavy atom. The summed E-state index contributed by atoms with van der Waals surface area (Å²) in [7, 11) is 0. The van der Waals surface area contributed by atoms with Crippen LogP contribution in [0.2, 0.25) is 0 Å². The zero-order valence-corrected chi connectivity index (χ0v) is 7.85. The molecule has 0 spiro atoms. The molecule has 0 aromatic rings. The van der Waals surface area contributed by atoms with E-state index in [1.54, 1.807) is 6.26 Å². The summed E-state index contributed by atoms with van der Waals surface area (Å²) in [5.41, 5.74) is 0. The normalized spacial score (nSPS) is 11.4. The predicted molar refractivity (Wildman–Crippen MR) is 47.0 cm³/mol. The van der Waals surface area contributed by atoms with Gasteiger partial charge in [0.2, 0.25) is 0 Å². The second kappa shape index (κ2) is 11.4. The van der Waals surface area contributed by atoms with Crippen LogP contribution in [0.15, 0.2) is 12.3 Å². The number of ether oxygens (including phenoxy) is 1. The fourth-order valence-electron chi connectivity index (χ4n) is 0.0962. The monoisotopic (exact) mass is 144 g/mol. The van der Waals surface area contributed by atoms with Crippen molar-refractivity contribution in [2.75, 3.05) is 6.61 Å². The molecule has 0 atom stereocenters. The first-order valence-corrected chi connectivity index (χ1v) is 4.00. The minimum atomic E-state index is 0.819. The van der Waals surface area contributed by atoms with Gasteiger partial charge in [0.05, 0.1) is 6.26 Å². The second-order valence-corrected chi connectivity index (χ2v) is 2.44. The van der Waals surface area contributed by atoms with Gasteiger partial charge in [-0.05, 0) is 12.0 Å². The average Bonchev–Trinajstić information content (AvgIpc) is 1.63. The smallest absolute Gasteiger partial charge is 0.109 e. The van der Waals surface area contributed by atoms with Crippen molar-refractivity contribution in [1.82, 2.24) is 0 Å². The van der Waals surface area contributed by atoms with E-state index in [1.165, 1.54) is 0 Å². The Labute approximate surface area is 65.1 Å². The van der Waals surface area contributed by atoms with Gasteiger partial charge in [0, 0.05) is 0 Å². The zero-order chi connectivity index (χ0) is 8.41. The molecule has 1 aliphatic rings. The van der Waals surface area contributed by atoms with Gasteiger partial charge in [-0.3, -0.25) is 0 Å². The molecule has 1 nitrogen and oxygen atoms in total. The number of hydrogen-bond acceptors (Lipinski definition) is 1. The summed E-state index contributed by atoms with van der Waals surface area (Å²) in [4.78, 5) is 0. The van der Waals surface area contributed by atoms with E-state index in [-0.39, 0.29) is 0 Å². The van der Waals surface area contributed by atoms with Gasteiger partial charge in [-0.2, -0.15) is 0 Å². The lowest BCUT2D eigenvalue weighted by Gasteiger charge is -1.99. The summed E-state index contributed by atoms with van der Waals surface area (Å²) in [6, 6.07) is 0. The molecule has 0 aromatic heterocycles. The summed E-state index contributed by atoms with van der Waals surface area (Å²) in [5, 5.41) is 0. The molecule has 0 saturated carbocycles. The molecule has 1 rings (SSSR count). The van der Waals surface area contributed by atoms with Crippen molar-refractivity contribution >= 4 is 0 Å². The van der Waals surface area contributed by atoms with Gasteiger partial charge in [-0.1, -0.05) is 34.6 Å². The van der Waals surface area contributed by atoms with E-state index in [0.29, 0.717) is 0 Å². The van der Waals surface area contributed by atoms with Gasteiger partial charge in [0.1, 0.15) is 6.61 Å².